The number of hydrogen-bond donors (Lipinski definition) is 0. The number of hydrogen-bond acceptors (Lipinski definition) is 1. The molecular weight excluding hydrogens is 314 g/mol. The maximum Gasteiger partial charge on any atom is 0.0712 e. The maximum absolute atomic E-state index is 6.69. The lowest BCUT2D eigenvalue weighted by atomic mass is 10.1. The van der Waals surface area contributed by atoms with Gasteiger partial charge in [-0.2, -0.15) is 0 Å². The predicted molar refractivity (Wildman–Crippen MR) is 102 cm³/mol. The molecule has 3 rings (SSSR count). The number of alkyl halides is 1. The predicted octanol–water partition coefficient (Wildman–Crippen LogP) is 5.67. The highest BCUT2D eigenvalue weighted by atomic mass is 35.5. The van der Waals surface area contributed by atoms with Gasteiger partial charge in [-0.25, -0.2) is 0 Å². The molecule has 0 saturated heterocycles. The summed E-state index contributed by atoms with van der Waals surface area (Å²) in [6.45, 7) is 2.60. The van der Waals surface area contributed by atoms with Gasteiger partial charge in [0.25, 0.3) is 0 Å². The quantitative estimate of drug-likeness (QED) is 0.503. The first-order valence-electron chi connectivity index (χ1n) is 8.30. The van der Waals surface area contributed by atoms with Crippen LogP contribution >= 0.6 is 11.6 Å². The topological polar surface area (TPSA) is 3.24 Å². The zero-order valence-corrected chi connectivity index (χ0v) is 14.4. The summed E-state index contributed by atoms with van der Waals surface area (Å²) in [6.07, 6.45) is 0. The Bertz CT molecular complexity index is 671. The Balaban J connectivity index is 1.73. The molecule has 122 valence electrons. The second kappa shape index (κ2) is 8.68. The van der Waals surface area contributed by atoms with Crippen molar-refractivity contribution >= 4 is 11.6 Å². The fraction of sp³-hybridized carbons (Fsp3) is 0.182. The van der Waals surface area contributed by atoms with Gasteiger partial charge in [0.05, 0.1) is 5.38 Å². The molecule has 0 aliphatic heterocycles. The van der Waals surface area contributed by atoms with Gasteiger partial charge in [-0.1, -0.05) is 91.0 Å². The fourth-order valence-electron chi connectivity index (χ4n) is 2.86. The van der Waals surface area contributed by atoms with E-state index in [0.717, 1.165) is 19.6 Å². The summed E-state index contributed by atoms with van der Waals surface area (Å²) in [5.41, 5.74) is 3.79. The van der Waals surface area contributed by atoms with E-state index in [4.69, 9.17) is 11.6 Å². The van der Waals surface area contributed by atoms with Gasteiger partial charge in [0, 0.05) is 19.6 Å². The Labute approximate surface area is 149 Å². The van der Waals surface area contributed by atoms with E-state index in [1.807, 2.05) is 18.2 Å². The molecular formula is C22H22ClN. The molecule has 0 spiro atoms. The van der Waals surface area contributed by atoms with Crippen molar-refractivity contribution in [3.8, 4) is 0 Å². The fourth-order valence-corrected chi connectivity index (χ4v) is 3.20. The van der Waals surface area contributed by atoms with E-state index in [0.29, 0.717) is 0 Å². The van der Waals surface area contributed by atoms with Crippen LogP contribution in [0, 0.1) is 0 Å². The molecule has 1 atom stereocenters. The first-order valence-corrected chi connectivity index (χ1v) is 8.74. The maximum atomic E-state index is 6.69. The number of halogens is 1. The molecule has 24 heavy (non-hydrogen) atoms. The zero-order chi connectivity index (χ0) is 16.6. The Kier molecular flexibility index (Phi) is 6.06. The van der Waals surface area contributed by atoms with Gasteiger partial charge in [-0.05, 0) is 16.7 Å². The summed E-state index contributed by atoms with van der Waals surface area (Å²) >= 11 is 6.69. The number of nitrogens with zero attached hydrogens (tertiary/aromatic N) is 1. The molecule has 3 aromatic rings. The molecule has 0 bridgehead atoms. The monoisotopic (exact) mass is 335 g/mol. The third-order valence-corrected chi connectivity index (χ3v) is 4.47. The summed E-state index contributed by atoms with van der Waals surface area (Å²) in [5, 5.41) is -0.0152. The first kappa shape index (κ1) is 16.8. The summed E-state index contributed by atoms with van der Waals surface area (Å²) < 4.78 is 0. The van der Waals surface area contributed by atoms with Crippen molar-refractivity contribution in [3.05, 3.63) is 108 Å². The molecule has 0 heterocycles. The Hall–Kier alpha value is -2.09. The van der Waals surface area contributed by atoms with Crippen LogP contribution in [0.5, 0.6) is 0 Å². The highest BCUT2D eigenvalue weighted by molar-refractivity contribution is 6.21. The van der Waals surface area contributed by atoms with Crippen molar-refractivity contribution in [2.75, 3.05) is 6.54 Å². The lowest BCUT2D eigenvalue weighted by Gasteiger charge is -2.25. The minimum absolute atomic E-state index is 0.0152. The van der Waals surface area contributed by atoms with Crippen LogP contribution in [0.4, 0.5) is 0 Å². The SMILES string of the molecule is Cl[C@H](CN(Cc1ccccc1)Cc1ccccc1)c1ccccc1. The van der Waals surface area contributed by atoms with Gasteiger partial charge < -0.3 is 0 Å². The Morgan fingerprint density at radius 1 is 0.625 bits per heavy atom. The van der Waals surface area contributed by atoms with Crippen LogP contribution in [-0.2, 0) is 13.1 Å². The zero-order valence-electron chi connectivity index (χ0n) is 13.7. The molecule has 0 unspecified atom stereocenters. The standard InChI is InChI=1S/C22H22ClN/c23-22(21-14-8-3-9-15-21)18-24(16-19-10-4-1-5-11-19)17-20-12-6-2-7-13-20/h1-15,22H,16-18H2/t22-/m1/s1. The van der Waals surface area contributed by atoms with Crippen molar-refractivity contribution < 1.29 is 0 Å². The molecule has 0 aromatic heterocycles. The Morgan fingerprint density at radius 2 is 1.04 bits per heavy atom. The second-order valence-corrected chi connectivity index (χ2v) is 6.55. The molecule has 0 fully saturated rings. The van der Waals surface area contributed by atoms with Crippen LogP contribution in [0.2, 0.25) is 0 Å². The van der Waals surface area contributed by atoms with E-state index < -0.39 is 0 Å². The van der Waals surface area contributed by atoms with Gasteiger partial charge in [0.15, 0.2) is 0 Å². The van der Waals surface area contributed by atoms with Gasteiger partial charge in [0.2, 0.25) is 0 Å². The second-order valence-electron chi connectivity index (χ2n) is 6.02. The van der Waals surface area contributed by atoms with Gasteiger partial charge in [0.1, 0.15) is 0 Å². The number of benzene rings is 3. The normalized spacial score (nSPS) is 12.2. The van der Waals surface area contributed by atoms with E-state index in [1.165, 1.54) is 16.7 Å². The summed E-state index contributed by atoms with van der Waals surface area (Å²) in [7, 11) is 0. The van der Waals surface area contributed by atoms with Gasteiger partial charge >= 0.3 is 0 Å². The highest BCUT2D eigenvalue weighted by Crippen LogP contribution is 2.23. The molecule has 2 heteroatoms. The number of rotatable bonds is 7. The van der Waals surface area contributed by atoms with Crippen LogP contribution in [0.25, 0.3) is 0 Å². The Morgan fingerprint density at radius 3 is 1.50 bits per heavy atom. The molecule has 0 aliphatic carbocycles. The van der Waals surface area contributed by atoms with Crippen molar-refractivity contribution in [1.82, 2.24) is 4.90 Å². The lowest BCUT2D eigenvalue weighted by molar-refractivity contribution is 0.257. The molecule has 3 aromatic carbocycles. The summed E-state index contributed by atoms with van der Waals surface area (Å²) in [6, 6.07) is 31.5. The van der Waals surface area contributed by atoms with E-state index in [2.05, 4.69) is 77.7 Å². The van der Waals surface area contributed by atoms with Crippen LogP contribution in [0.15, 0.2) is 91.0 Å². The van der Waals surface area contributed by atoms with Crippen LogP contribution in [0.3, 0.4) is 0 Å². The molecule has 0 amide bonds. The van der Waals surface area contributed by atoms with E-state index in [-0.39, 0.29) is 5.38 Å². The minimum Gasteiger partial charge on any atom is -0.293 e. The van der Waals surface area contributed by atoms with Gasteiger partial charge in [-0.3, -0.25) is 4.90 Å². The highest BCUT2D eigenvalue weighted by Gasteiger charge is 2.14. The molecule has 0 radical (unpaired) electrons. The average molecular weight is 336 g/mol. The van der Waals surface area contributed by atoms with Crippen molar-refractivity contribution in [3.63, 3.8) is 0 Å². The third-order valence-electron chi connectivity index (χ3n) is 4.08. The van der Waals surface area contributed by atoms with Crippen molar-refractivity contribution in [1.29, 1.82) is 0 Å². The summed E-state index contributed by atoms with van der Waals surface area (Å²) in [4.78, 5) is 2.41. The van der Waals surface area contributed by atoms with Crippen LogP contribution in [0.1, 0.15) is 22.1 Å². The smallest absolute Gasteiger partial charge is 0.0712 e. The van der Waals surface area contributed by atoms with E-state index in [1.54, 1.807) is 0 Å². The first-order chi connectivity index (χ1) is 11.8. The average Bonchev–Trinajstić information content (AvgIpc) is 2.64. The van der Waals surface area contributed by atoms with Gasteiger partial charge in [-0.15, -0.1) is 11.6 Å². The largest absolute Gasteiger partial charge is 0.293 e. The molecule has 0 N–H and O–H groups in total. The van der Waals surface area contributed by atoms with E-state index >= 15 is 0 Å². The minimum atomic E-state index is -0.0152. The van der Waals surface area contributed by atoms with Crippen molar-refractivity contribution in [2.45, 2.75) is 18.5 Å². The van der Waals surface area contributed by atoms with Crippen LogP contribution < -0.4 is 0 Å². The van der Waals surface area contributed by atoms with E-state index in [9.17, 15) is 0 Å². The third kappa shape index (κ3) is 4.95. The van der Waals surface area contributed by atoms with Crippen LogP contribution in [-0.4, -0.2) is 11.4 Å². The summed E-state index contributed by atoms with van der Waals surface area (Å²) in [5.74, 6) is 0. The molecule has 0 saturated carbocycles. The lowest BCUT2D eigenvalue weighted by Crippen LogP contribution is -2.26. The molecule has 1 nitrogen and oxygen atoms in total. The van der Waals surface area contributed by atoms with Crippen molar-refractivity contribution in [2.24, 2.45) is 0 Å². The molecule has 0 aliphatic rings.